The standard InChI is InChI=1S/C59H120N4O15P2/c1-5-9-13-17-19-21-23-25-27-31-35-39-57(66)62-53(49-73-45-41-55(64)37-33-29-15-11-7-3)51-77-79(69,70)75-47-43-60-59(68)61-44-48-76-80(71,72)78-52-54(50-74-46-42-56(65)38-34-30-16-12-8-4)63-58(67)40-36-32-28-26-24-22-20-18-14-10-6-2/h53-56,64-65H,5-52H2,1-4H3,(H,62,66)(H,63,67)(H,69,70)(H,71,72)(H2,60,61,68)/t53-,54+,55-,56-/m1/s1. The van der Waals surface area contributed by atoms with Gasteiger partial charge in [0.1, 0.15) is 0 Å². The van der Waals surface area contributed by atoms with E-state index < -0.39 is 59.2 Å². The van der Waals surface area contributed by atoms with Crippen molar-refractivity contribution in [2.24, 2.45) is 0 Å². The molecule has 0 spiro atoms. The molecule has 0 aromatic carbocycles. The van der Waals surface area contributed by atoms with Crippen molar-refractivity contribution in [1.82, 2.24) is 21.3 Å². The van der Waals surface area contributed by atoms with E-state index in [-0.39, 0.29) is 64.5 Å². The zero-order chi connectivity index (χ0) is 59.1. The molecule has 0 aliphatic rings. The minimum absolute atomic E-state index is 0.00433. The topological polar surface area (TPSA) is 270 Å². The Kier molecular flexibility index (Phi) is 55.2. The quantitative estimate of drug-likeness (QED) is 0.0208. The predicted octanol–water partition coefficient (Wildman–Crippen LogP) is 13.2. The molecule has 2 unspecified atom stereocenters. The molecule has 21 heteroatoms. The van der Waals surface area contributed by atoms with Crippen LogP contribution >= 0.6 is 15.6 Å². The van der Waals surface area contributed by atoms with Gasteiger partial charge in [0.2, 0.25) is 11.8 Å². The number of urea groups is 1. The molecule has 0 aliphatic carbocycles. The number of hydrogen-bond donors (Lipinski definition) is 8. The number of rotatable bonds is 62. The third-order valence-corrected chi connectivity index (χ3v) is 16.0. The number of unbranched alkanes of at least 4 members (excludes halogenated alkanes) is 28. The fourth-order valence-corrected chi connectivity index (χ4v) is 10.6. The summed E-state index contributed by atoms with van der Waals surface area (Å²) in [5.41, 5.74) is 0. The summed E-state index contributed by atoms with van der Waals surface area (Å²) in [7, 11) is -9.25. The SMILES string of the molecule is CCCCCCCCCCCCCC(=O)N[C@H](COCC[C@H](O)CCCCCCC)COP(=O)(O)OCCNC(=O)NCCOP(=O)(O)OC[C@H](COCC[C@H](O)CCCCCCC)NC(=O)CCCCCCCCCCCCC. The van der Waals surface area contributed by atoms with Crippen molar-refractivity contribution in [3.63, 3.8) is 0 Å². The Morgan fingerprint density at radius 1 is 0.375 bits per heavy atom. The van der Waals surface area contributed by atoms with Crippen molar-refractivity contribution in [1.29, 1.82) is 0 Å². The highest BCUT2D eigenvalue weighted by molar-refractivity contribution is 7.47. The summed E-state index contributed by atoms with van der Waals surface area (Å²) >= 11 is 0. The number of carbonyl (C=O) groups excluding carboxylic acids is 3. The molecule has 4 amide bonds. The van der Waals surface area contributed by atoms with E-state index in [0.717, 1.165) is 103 Å². The number of amides is 4. The summed E-state index contributed by atoms with van der Waals surface area (Å²) < 4.78 is 57.8. The van der Waals surface area contributed by atoms with Gasteiger partial charge in [-0.1, -0.05) is 220 Å². The van der Waals surface area contributed by atoms with Gasteiger partial charge in [-0.3, -0.25) is 27.7 Å². The lowest BCUT2D eigenvalue weighted by atomic mass is 10.1. The molecule has 476 valence electrons. The van der Waals surface area contributed by atoms with Gasteiger partial charge in [-0.25, -0.2) is 13.9 Å². The van der Waals surface area contributed by atoms with E-state index in [1.165, 1.54) is 103 Å². The normalized spacial score (nSPS) is 14.7. The summed E-state index contributed by atoms with van der Waals surface area (Å²) in [6.07, 6.45) is 38.2. The van der Waals surface area contributed by atoms with E-state index in [4.69, 9.17) is 27.6 Å². The second-order valence-corrected chi connectivity index (χ2v) is 24.8. The number of nitrogens with one attached hydrogen (secondary N) is 4. The molecule has 0 aliphatic heterocycles. The third-order valence-electron chi connectivity index (χ3n) is 14.0. The Morgan fingerprint density at radius 3 is 0.975 bits per heavy atom. The van der Waals surface area contributed by atoms with Gasteiger partial charge in [0, 0.05) is 39.1 Å². The fraction of sp³-hybridized carbons (Fsp3) is 0.949. The van der Waals surface area contributed by atoms with Gasteiger partial charge in [-0.15, -0.1) is 0 Å². The molecule has 0 rings (SSSR count). The Hall–Kier alpha value is -1.73. The number of phosphoric acid groups is 2. The lowest BCUT2D eigenvalue weighted by Gasteiger charge is -2.21. The fourth-order valence-electron chi connectivity index (χ4n) is 9.06. The maximum absolute atomic E-state index is 12.9. The average Bonchev–Trinajstić information content (AvgIpc) is 3.42. The van der Waals surface area contributed by atoms with Crippen LogP contribution in [-0.2, 0) is 46.3 Å². The van der Waals surface area contributed by atoms with Crippen LogP contribution in [0.3, 0.4) is 0 Å². The first-order valence-corrected chi connectivity index (χ1v) is 35.0. The summed E-state index contributed by atoms with van der Waals surface area (Å²) in [5, 5.41) is 31.4. The van der Waals surface area contributed by atoms with E-state index in [0.29, 0.717) is 38.5 Å². The molecule has 0 saturated carbocycles. The molecule has 0 radical (unpaired) electrons. The van der Waals surface area contributed by atoms with Crippen LogP contribution in [0.1, 0.15) is 272 Å². The number of phosphoric ester groups is 2. The van der Waals surface area contributed by atoms with Gasteiger partial charge >= 0.3 is 21.7 Å². The summed E-state index contributed by atoms with van der Waals surface area (Å²) in [4.78, 5) is 59.1. The Labute approximate surface area is 486 Å². The van der Waals surface area contributed by atoms with E-state index >= 15 is 0 Å². The van der Waals surface area contributed by atoms with Crippen LogP contribution in [0.15, 0.2) is 0 Å². The van der Waals surface area contributed by atoms with Crippen molar-refractivity contribution in [2.75, 3.05) is 65.9 Å². The van der Waals surface area contributed by atoms with Gasteiger partial charge in [0.15, 0.2) is 0 Å². The van der Waals surface area contributed by atoms with Crippen molar-refractivity contribution >= 4 is 33.5 Å². The van der Waals surface area contributed by atoms with Crippen molar-refractivity contribution in [3.8, 4) is 0 Å². The first-order chi connectivity index (χ1) is 38.7. The van der Waals surface area contributed by atoms with Gasteiger partial charge in [-0.05, 0) is 38.5 Å². The minimum atomic E-state index is -4.63. The van der Waals surface area contributed by atoms with Crippen LogP contribution in [0, 0.1) is 0 Å². The Bertz CT molecular complexity index is 1420. The van der Waals surface area contributed by atoms with Crippen molar-refractivity contribution in [3.05, 3.63) is 0 Å². The number of hydrogen-bond acceptors (Lipinski definition) is 13. The molecule has 6 atom stereocenters. The molecule has 0 aromatic rings. The Morgan fingerprint density at radius 2 is 0.662 bits per heavy atom. The highest BCUT2D eigenvalue weighted by Gasteiger charge is 2.26. The average molecular weight is 1190 g/mol. The monoisotopic (exact) mass is 1190 g/mol. The molecule has 0 aromatic heterocycles. The number of carbonyl (C=O) groups is 3. The molecule has 0 fully saturated rings. The van der Waals surface area contributed by atoms with E-state index in [9.17, 15) is 43.5 Å². The van der Waals surface area contributed by atoms with Crippen molar-refractivity contribution in [2.45, 2.75) is 296 Å². The molecular weight excluding hydrogens is 1070 g/mol. The highest BCUT2D eigenvalue weighted by atomic mass is 31.2. The molecule has 8 N–H and O–H groups in total. The Balaban J connectivity index is 4.90. The van der Waals surface area contributed by atoms with Crippen LogP contribution < -0.4 is 21.3 Å². The number of aliphatic hydroxyl groups is 2. The first kappa shape index (κ1) is 78.3. The second-order valence-electron chi connectivity index (χ2n) is 21.9. The highest BCUT2D eigenvalue weighted by Crippen LogP contribution is 2.43. The van der Waals surface area contributed by atoms with E-state index in [1.54, 1.807) is 0 Å². The molecule has 0 saturated heterocycles. The van der Waals surface area contributed by atoms with Crippen LogP contribution in [0.2, 0.25) is 0 Å². The van der Waals surface area contributed by atoms with Gasteiger partial charge in [0.05, 0.1) is 63.9 Å². The lowest BCUT2D eigenvalue weighted by molar-refractivity contribution is -0.123. The minimum Gasteiger partial charge on any atom is -0.393 e. The number of aliphatic hydroxyl groups excluding tert-OH is 2. The molecule has 80 heavy (non-hydrogen) atoms. The maximum atomic E-state index is 12.9. The first-order valence-electron chi connectivity index (χ1n) is 32.0. The van der Waals surface area contributed by atoms with Crippen molar-refractivity contribution < 1.29 is 71.1 Å². The lowest BCUT2D eigenvalue weighted by Crippen LogP contribution is -2.41. The number of ether oxygens (including phenoxy) is 2. The zero-order valence-electron chi connectivity index (χ0n) is 50.9. The van der Waals surface area contributed by atoms with Crippen LogP contribution in [-0.4, -0.2) is 128 Å². The molecule has 0 heterocycles. The maximum Gasteiger partial charge on any atom is 0.472 e. The van der Waals surface area contributed by atoms with Gasteiger partial charge < -0.3 is 50.7 Å². The molecular formula is C59H120N4O15P2. The van der Waals surface area contributed by atoms with Crippen LogP contribution in [0.5, 0.6) is 0 Å². The third kappa shape index (κ3) is 55.5. The molecule has 19 nitrogen and oxygen atoms in total. The van der Waals surface area contributed by atoms with Gasteiger partial charge in [-0.2, -0.15) is 0 Å². The van der Waals surface area contributed by atoms with E-state index in [1.807, 2.05) is 0 Å². The summed E-state index contributed by atoms with van der Waals surface area (Å²) in [6.45, 7) is 7.28. The smallest absolute Gasteiger partial charge is 0.393 e. The van der Waals surface area contributed by atoms with Crippen LogP contribution in [0.4, 0.5) is 4.79 Å². The summed E-state index contributed by atoms with van der Waals surface area (Å²) in [5.74, 6) is -0.443. The van der Waals surface area contributed by atoms with Crippen LogP contribution in [0.25, 0.3) is 0 Å². The van der Waals surface area contributed by atoms with Gasteiger partial charge in [0.25, 0.3) is 0 Å². The second kappa shape index (κ2) is 56.4. The zero-order valence-corrected chi connectivity index (χ0v) is 52.7. The molecule has 0 bridgehead atoms. The van der Waals surface area contributed by atoms with E-state index in [2.05, 4.69) is 49.0 Å². The summed E-state index contributed by atoms with van der Waals surface area (Å²) in [6, 6.07) is -2.23. The predicted molar refractivity (Wildman–Crippen MR) is 321 cm³/mol. The largest absolute Gasteiger partial charge is 0.472 e.